The SMILES string of the molecule is CC(C)(C)C(=O)OCC(=O)NC[C@H]1CN(c2ccc(N3CCC(=CC#N)CC3)c(F)c2)C(=O)O1. The lowest BCUT2D eigenvalue weighted by atomic mass is 9.97. The van der Waals surface area contributed by atoms with Crippen LogP contribution in [0.1, 0.15) is 33.6 Å². The molecule has 1 atom stereocenters. The van der Waals surface area contributed by atoms with Crippen LogP contribution in [0.3, 0.4) is 0 Å². The van der Waals surface area contributed by atoms with Crippen molar-refractivity contribution < 1.29 is 28.2 Å². The fraction of sp³-hybridized carbons (Fsp3) is 0.500. The first-order valence-corrected chi connectivity index (χ1v) is 11.1. The highest BCUT2D eigenvalue weighted by Gasteiger charge is 2.33. The molecule has 2 heterocycles. The van der Waals surface area contributed by atoms with Crippen molar-refractivity contribution in [3.05, 3.63) is 35.7 Å². The molecule has 2 fully saturated rings. The van der Waals surface area contributed by atoms with Gasteiger partial charge in [-0.05, 0) is 51.8 Å². The Kier molecular flexibility index (Phi) is 7.76. The number of ether oxygens (including phenoxy) is 2. The molecule has 34 heavy (non-hydrogen) atoms. The minimum atomic E-state index is -0.710. The Balaban J connectivity index is 1.52. The summed E-state index contributed by atoms with van der Waals surface area (Å²) in [5.41, 5.74) is 1.15. The van der Waals surface area contributed by atoms with Crippen LogP contribution in [0.2, 0.25) is 0 Å². The van der Waals surface area contributed by atoms with Gasteiger partial charge in [-0.2, -0.15) is 5.26 Å². The molecule has 0 unspecified atom stereocenters. The number of carbonyl (C=O) groups excluding carboxylic acids is 3. The van der Waals surface area contributed by atoms with Crippen LogP contribution in [-0.4, -0.2) is 56.9 Å². The minimum absolute atomic E-state index is 0.0427. The molecule has 0 radical (unpaired) electrons. The van der Waals surface area contributed by atoms with Crippen LogP contribution in [0, 0.1) is 22.6 Å². The summed E-state index contributed by atoms with van der Waals surface area (Å²) in [4.78, 5) is 39.2. The maximum absolute atomic E-state index is 14.9. The molecule has 0 aromatic heterocycles. The van der Waals surface area contributed by atoms with E-state index in [-0.39, 0.29) is 13.1 Å². The third-order valence-electron chi connectivity index (χ3n) is 5.61. The number of halogens is 1. The van der Waals surface area contributed by atoms with Crippen molar-refractivity contribution >= 4 is 29.3 Å². The van der Waals surface area contributed by atoms with Crippen LogP contribution in [0.25, 0.3) is 0 Å². The second-order valence-corrected chi connectivity index (χ2v) is 9.30. The highest BCUT2D eigenvalue weighted by molar-refractivity contribution is 5.90. The molecule has 0 spiro atoms. The van der Waals surface area contributed by atoms with E-state index in [1.54, 1.807) is 39.0 Å². The summed E-state index contributed by atoms with van der Waals surface area (Å²) in [5.74, 6) is -1.44. The predicted molar refractivity (Wildman–Crippen MR) is 123 cm³/mol. The second-order valence-electron chi connectivity index (χ2n) is 9.30. The van der Waals surface area contributed by atoms with Crippen molar-refractivity contribution in [1.82, 2.24) is 5.32 Å². The number of amides is 2. The molecule has 2 saturated heterocycles. The zero-order valence-corrected chi connectivity index (χ0v) is 19.6. The molecule has 9 nitrogen and oxygen atoms in total. The second kappa shape index (κ2) is 10.5. The molecule has 1 aromatic carbocycles. The molecule has 0 aliphatic carbocycles. The number of hydrogen-bond donors (Lipinski definition) is 1. The molecule has 10 heteroatoms. The van der Waals surface area contributed by atoms with Gasteiger partial charge in [-0.3, -0.25) is 14.5 Å². The van der Waals surface area contributed by atoms with Crippen LogP contribution in [-0.2, 0) is 19.1 Å². The molecule has 2 aliphatic heterocycles. The highest BCUT2D eigenvalue weighted by Crippen LogP contribution is 2.30. The Morgan fingerprint density at radius 1 is 1.32 bits per heavy atom. The number of carbonyl (C=O) groups is 3. The van der Waals surface area contributed by atoms with Crippen LogP contribution >= 0.6 is 0 Å². The summed E-state index contributed by atoms with van der Waals surface area (Å²) in [5, 5.41) is 11.3. The van der Waals surface area contributed by atoms with Crippen molar-refractivity contribution in [2.75, 3.05) is 42.6 Å². The molecule has 3 rings (SSSR count). The molecule has 182 valence electrons. The minimum Gasteiger partial charge on any atom is -0.455 e. The fourth-order valence-electron chi connectivity index (χ4n) is 3.66. The summed E-state index contributed by atoms with van der Waals surface area (Å²) < 4.78 is 25.1. The van der Waals surface area contributed by atoms with E-state index in [1.807, 2.05) is 11.0 Å². The Hall–Kier alpha value is -3.61. The molecule has 0 saturated carbocycles. The largest absolute Gasteiger partial charge is 0.455 e. The molecular formula is C24H29FN4O5. The molecule has 1 aromatic rings. The Morgan fingerprint density at radius 2 is 2.03 bits per heavy atom. The number of esters is 1. The van der Waals surface area contributed by atoms with Gasteiger partial charge in [-0.25, -0.2) is 9.18 Å². The maximum atomic E-state index is 14.9. The number of cyclic esters (lactones) is 1. The summed E-state index contributed by atoms with van der Waals surface area (Å²) in [7, 11) is 0. The molecule has 1 N–H and O–H groups in total. The van der Waals surface area contributed by atoms with Gasteiger partial charge < -0.3 is 19.7 Å². The van der Waals surface area contributed by atoms with Gasteiger partial charge in [-0.1, -0.05) is 5.57 Å². The lowest BCUT2D eigenvalue weighted by Gasteiger charge is -2.30. The van der Waals surface area contributed by atoms with E-state index in [0.29, 0.717) is 37.3 Å². The van der Waals surface area contributed by atoms with Crippen molar-refractivity contribution in [1.29, 1.82) is 5.26 Å². The number of benzene rings is 1. The predicted octanol–water partition coefficient (Wildman–Crippen LogP) is 2.91. The van der Waals surface area contributed by atoms with Gasteiger partial charge in [0, 0.05) is 19.2 Å². The first kappa shape index (κ1) is 25.0. The van der Waals surface area contributed by atoms with Crippen LogP contribution in [0.15, 0.2) is 29.8 Å². The Bertz CT molecular complexity index is 1020. The van der Waals surface area contributed by atoms with E-state index in [2.05, 4.69) is 5.32 Å². The fourth-order valence-corrected chi connectivity index (χ4v) is 3.66. The van der Waals surface area contributed by atoms with Gasteiger partial charge in [0.15, 0.2) is 6.61 Å². The third-order valence-corrected chi connectivity index (χ3v) is 5.61. The molecule has 0 bridgehead atoms. The number of nitriles is 1. The van der Waals surface area contributed by atoms with Gasteiger partial charge in [0.25, 0.3) is 5.91 Å². The standard InChI is InChI=1S/C24H29FN4O5/c1-24(2,3)22(31)33-15-21(30)27-13-18-14-29(23(32)34-18)17-4-5-20(19(25)12-17)28-10-7-16(6-9-26)8-11-28/h4-6,12,18H,7-8,10-11,13-15H2,1-3H3,(H,27,30)/t18-/m0/s1. The summed E-state index contributed by atoms with van der Waals surface area (Å²) in [6.07, 6.45) is 1.71. The number of allylic oxidation sites excluding steroid dienone is 1. The van der Waals surface area contributed by atoms with Gasteiger partial charge in [0.2, 0.25) is 0 Å². The Morgan fingerprint density at radius 3 is 2.65 bits per heavy atom. The zero-order valence-electron chi connectivity index (χ0n) is 19.6. The smallest absolute Gasteiger partial charge is 0.414 e. The maximum Gasteiger partial charge on any atom is 0.414 e. The van der Waals surface area contributed by atoms with E-state index < -0.39 is 41.9 Å². The average molecular weight is 473 g/mol. The highest BCUT2D eigenvalue weighted by atomic mass is 19.1. The lowest BCUT2D eigenvalue weighted by Crippen LogP contribution is -2.37. The number of nitrogens with zero attached hydrogens (tertiary/aromatic N) is 3. The quantitative estimate of drug-likeness (QED) is 0.500. The monoisotopic (exact) mass is 472 g/mol. The number of nitrogens with one attached hydrogen (secondary N) is 1. The average Bonchev–Trinajstić information content (AvgIpc) is 3.16. The third kappa shape index (κ3) is 6.25. The number of hydrogen-bond acceptors (Lipinski definition) is 7. The molecule has 2 aliphatic rings. The van der Waals surface area contributed by atoms with Crippen molar-refractivity contribution in [3.63, 3.8) is 0 Å². The van der Waals surface area contributed by atoms with Crippen LogP contribution in [0.4, 0.5) is 20.6 Å². The van der Waals surface area contributed by atoms with Gasteiger partial charge in [-0.15, -0.1) is 0 Å². The first-order valence-electron chi connectivity index (χ1n) is 11.1. The van der Waals surface area contributed by atoms with E-state index in [1.165, 1.54) is 11.0 Å². The van der Waals surface area contributed by atoms with Crippen LogP contribution in [0.5, 0.6) is 0 Å². The van der Waals surface area contributed by atoms with E-state index >= 15 is 0 Å². The molecule has 2 amide bonds. The van der Waals surface area contributed by atoms with Crippen molar-refractivity contribution in [2.24, 2.45) is 5.41 Å². The Labute approximate surface area is 198 Å². The van der Waals surface area contributed by atoms with Crippen molar-refractivity contribution in [2.45, 2.75) is 39.7 Å². The van der Waals surface area contributed by atoms with E-state index in [4.69, 9.17) is 14.7 Å². The normalized spacial score (nSPS) is 18.3. The first-order chi connectivity index (χ1) is 16.1. The molecular weight excluding hydrogens is 443 g/mol. The number of piperidine rings is 1. The zero-order chi connectivity index (χ0) is 24.9. The number of anilines is 2. The van der Waals surface area contributed by atoms with E-state index in [0.717, 1.165) is 5.57 Å². The van der Waals surface area contributed by atoms with Gasteiger partial charge in [0.05, 0.1) is 35.9 Å². The summed E-state index contributed by atoms with van der Waals surface area (Å²) in [6, 6.07) is 6.62. The van der Waals surface area contributed by atoms with E-state index in [9.17, 15) is 18.8 Å². The van der Waals surface area contributed by atoms with Gasteiger partial charge >= 0.3 is 12.1 Å². The van der Waals surface area contributed by atoms with Crippen LogP contribution < -0.4 is 15.1 Å². The summed E-state index contributed by atoms with van der Waals surface area (Å²) >= 11 is 0. The topological polar surface area (TPSA) is 112 Å². The lowest BCUT2D eigenvalue weighted by molar-refractivity contribution is -0.156. The summed E-state index contributed by atoms with van der Waals surface area (Å²) in [6.45, 7) is 6.05. The van der Waals surface area contributed by atoms with Crippen molar-refractivity contribution in [3.8, 4) is 6.07 Å². The van der Waals surface area contributed by atoms with Gasteiger partial charge in [0.1, 0.15) is 11.9 Å². The number of rotatable bonds is 6.